The lowest BCUT2D eigenvalue weighted by atomic mass is 9.77. The Morgan fingerprint density at radius 3 is 2.21 bits per heavy atom. The zero-order valence-corrected chi connectivity index (χ0v) is 19.8. The van der Waals surface area contributed by atoms with Gasteiger partial charge in [-0.15, -0.1) is 0 Å². The number of hydrogen-bond donors (Lipinski definition) is 0. The normalized spacial score (nSPS) is 18.4. The largest absolute Gasteiger partial charge is 0.494 e. The maximum atomic E-state index is 15.0. The van der Waals surface area contributed by atoms with Gasteiger partial charge in [0.2, 0.25) is 0 Å². The average molecular weight is 465 g/mol. The van der Waals surface area contributed by atoms with E-state index >= 15 is 4.39 Å². The first-order valence-corrected chi connectivity index (χ1v) is 12.2. The molecule has 3 aromatic rings. The Kier molecular flexibility index (Phi) is 7.77. The number of benzene rings is 3. The van der Waals surface area contributed by atoms with Crippen molar-refractivity contribution < 1.29 is 17.9 Å². The van der Waals surface area contributed by atoms with Crippen molar-refractivity contribution in [3.63, 3.8) is 0 Å². The Labute approximate surface area is 200 Å². The van der Waals surface area contributed by atoms with Crippen molar-refractivity contribution >= 4 is 12.2 Å². The summed E-state index contributed by atoms with van der Waals surface area (Å²) < 4.78 is 49.5. The fraction of sp³-hybridized carbons (Fsp3) is 0.333. The molecule has 0 bridgehead atoms. The van der Waals surface area contributed by atoms with Gasteiger partial charge in [-0.05, 0) is 73.3 Å². The molecule has 0 heterocycles. The van der Waals surface area contributed by atoms with Gasteiger partial charge in [0.1, 0.15) is 11.6 Å². The summed E-state index contributed by atoms with van der Waals surface area (Å²) >= 11 is 0. The second-order valence-electron chi connectivity index (χ2n) is 9.03. The third kappa shape index (κ3) is 5.38. The number of rotatable bonds is 7. The lowest BCUT2D eigenvalue weighted by Crippen LogP contribution is -2.14. The molecule has 0 radical (unpaired) electrons. The van der Waals surface area contributed by atoms with Crippen LogP contribution >= 0.6 is 0 Å². The topological polar surface area (TPSA) is 9.23 Å². The third-order valence-corrected chi connectivity index (χ3v) is 6.94. The van der Waals surface area contributed by atoms with Gasteiger partial charge in [0.25, 0.3) is 0 Å². The highest BCUT2D eigenvalue weighted by molar-refractivity contribution is 5.73. The molecule has 0 aliphatic heterocycles. The first kappa shape index (κ1) is 24.1. The van der Waals surface area contributed by atoms with E-state index in [2.05, 4.69) is 6.92 Å². The van der Waals surface area contributed by atoms with Crippen LogP contribution in [0.5, 0.6) is 5.75 Å². The van der Waals surface area contributed by atoms with Gasteiger partial charge >= 0.3 is 0 Å². The summed E-state index contributed by atoms with van der Waals surface area (Å²) in [5.74, 6) is -0.555. The van der Waals surface area contributed by atoms with E-state index in [1.54, 1.807) is 48.6 Å². The van der Waals surface area contributed by atoms with Crippen LogP contribution in [0.4, 0.5) is 13.2 Å². The van der Waals surface area contributed by atoms with E-state index in [1.807, 2.05) is 19.1 Å². The van der Waals surface area contributed by atoms with E-state index in [9.17, 15) is 8.78 Å². The van der Waals surface area contributed by atoms with Crippen LogP contribution in [0, 0.1) is 23.4 Å². The Morgan fingerprint density at radius 1 is 0.824 bits per heavy atom. The fourth-order valence-corrected chi connectivity index (χ4v) is 4.84. The molecular formula is C30H31F3O. The van der Waals surface area contributed by atoms with Crippen LogP contribution in [0.2, 0.25) is 0 Å². The van der Waals surface area contributed by atoms with Gasteiger partial charge in [-0.2, -0.15) is 0 Å². The molecule has 1 aliphatic carbocycles. The summed E-state index contributed by atoms with van der Waals surface area (Å²) in [6, 6.07) is 15.4. The predicted molar refractivity (Wildman–Crippen MR) is 133 cm³/mol. The van der Waals surface area contributed by atoms with Crippen LogP contribution in [0.25, 0.3) is 23.3 Å². The first-order chi connectivity index (χ1) is 16.5. The number of halogens is 3. The molecule has 0 atom stereocenters. The Hall–Kier alpha value is -3.01. The van der Waals surface area contributed by atoms with E-state index < -0.39 is 11.6 Å². The molecule has 4 rings (SSSR count). The summed E-state index contributed by atoms with van der Waals surface area (Å²) in [7, 11) is 0. The second kappa shape index (κ2) is 10.9. The highest BCUT2D eigenvalue weighted by atomic mass is 19.2. The molecule has 0 N–H and O–H groups in total. The molecule has 0 amide bonds. The molecule has 1 aliphatic rings. The fourth-order valence-electron chi connectivity index (χ4n) is 4.84. The molecule has 0 aromatic heterocycles. The van der Waals surface area contributed by atoms with Crippen molar-refractivity contribution in [1.29, 1.82) is 0 Å². The average Bonchev–Trinajstić information content (AvgIpc) is 2.86. The minimum atomic E-state index is -0.783. The predicted octanol–water partition coefficient (Wildman–Crippen LogP) is 9.02. The smallest absolute Gasteiger partial charge is 0.166 e. The highest BCUT2D eigenvalue weighted by Crippen LogP contribution is 2.39. The van der Waals surface area contributed by atoms with Gasteiger partial charge in [0.05, 0.1) is 6.61 Å². The third-order valence-electron chi connectivity index (χ3n) is 6.94. The first-order valence-electron chi connectivity index (χ1n) is 12.2. The van der Waals surface area contributed by atoms with E-state index in [1.165, 1.54) is 6.07 Å². The molecule has 34 heavy (non-hydrogen) atoms. The van der Waals surface area contributed by atoms with Crippen molar-refractivity contribution in [1.82, 2.24) is 0 Å². The van der Waals surface area contributed by atoms with E-state index in [4.69, 9.17) is 4.74 Å². The van der Waals surface area contributed by atoms with Crippen LogP contribution in [-0.2, 0) is 0 Å². The van der Waals surface area contributed by atoms with Crippen LogP contribution in [0.1, 0.15) is 68.6 Å². The zero-order valence-electron chi connectivity index (χ0n) is 19.8. The Morgan fingerprint density at radius 2 is 1.56 bits per heavy atom. The van der Waals surface area contributed by atoms with Crippen LogP contribution < -0.4 is 4.74 Å². The molecular weight excluding hydrogens is 433 g/mol. The van der Waals surface area contributed by atoms with Crippen LogP contribution in [0.3, 0.4) is 0 Å². The van der Waals surface area contributed by atoms with Gasteiger partial charge in [-0.1, -0.05) is 61.9 Å². The van der Waals surface area contributed by atoms with Gasteiger partial charge in [0.15, 0.2) is 11.6 Å². The lowest BCUT2D eigenvalue weighted by Gasteiger charge is -2.28. The van der Waals surface area contributed by atoms with Crippen molar-refractivity contribution in [2.24, 2.45) is 5.92 Å². The summed E-state index contributed by atoms with van der Waals surface area (Å²) in [5.41, 5.74) is 2.66. The molecule has 1 fully saturated rings. The lowest BCUT2D eigenvalue weighted by molar-refractivity contribution is 0.312. The SMILES string of the molecule is CCOc1ccc(/C=C/c2ccc(-c3ccc(C4CCC(CC)CC4)c(F)c3F)cc2)c(F)c1. The summed E-state index contributed by atoms with van der Waals surface area (Å²) in [6.45, 7) is 4.52. The summed E-state index contributed by atoms with van der Waals surface area (Å²) in [4.78, 5) is 0. The van der Waals surface area contributed by atoms with Gasteiger partial charge in [-0.3, -0.25) is 0 Å². The standard InChI is InChI=1S/C30H31F3O/c1-3-20-5-10-22(11-6-20)26-17-18-27(30(33)29(26)32)23-12-7-21(8-13-23)9-14-24-15-16-25(34-4-2)19-28(24)31/h7-9,12-20,22H,3-6,10-11H2,1-2H3/b14-9+. The van der Waals surface area contributed by atoms with Crippen LogP contribution in [0.15, 0.2) is 54.6 Å². The Balaban J connectivity index is 1.48. The maximum Gasteiger partial charge on any atom is 0.166 e. The van der Waals surface area contributed by atoms with Crippen LogP contribution in [-0.4, -0.2) is 6.61 Å². The van der Waals surface area contributed by atoms with E-state index in [0.29, 0.717) is 35.0 Å². The molecule has 1 saturated carbocycles. The highest BCUT2D eigenvalue weighted by Gasteiger charge is 2.25. The minimum absolute atomic E-state index is 0.0989. The summed E-state index contributed by atoms with van der Waals surface area (Å²) in [6.07, 6.45) is 8.63. The van der Waals surface area contributed by atoms with Crippen molar-refractivity contribution in [2.45, 2.75) is 51.9 Å². The zero-order chi connectivity index (χ0) is 24.1. The molecule has 0 saturated heterocycles. The van der Waals surface area contributed by atoms with Gasteiger partial charge in [-0.25, -0.2) is 13.2 Å². The Bertz CT molecular complexity index is 1140. The molecule has 4 heteroatoms. The minimum Gasteiger partial charge on any atom is -0.494 e. The van der Waals surface area contributed by atoms with E-state index in [0.717, 1.165) is 37.7 Å². The second-order valence-corrected chi connectivity index (χ2v) is 9.03. The quantitative estimate of drug-likeness (QED) is 0.317. The molecule has 1 nitrogen and oxygen atoms in total. The molecule has 0 spiro atoms. The number of ether oxygens (including phenoxy) is 1. The van der Waals surface area contributed by atoms with E-state index in [-0.39, 0.29) is 17.3 Å². The molecule has 0 unspecified atom stereocenters. The monoisotopic (exact) mass is 464 g/mol. The van der Waals surface area contributed by atoms with Crippen molar-refractivity contribution in [3.8, 4) is 16.9 Å². The van der Waals surface area contributed by atoms with Crippen molar-refractivity contribution in [2.75, 3.05) is 6.61 Å². The molecule has 178 valence electrons. The van der Waals surface area contributed by atoms with Gasteiger partial charge in [0, 0.05) is 17.2 Å². The van der Waals surface area contributed by atoms with Gasteiger partial charge < -0.3 is 4.74 Å². The molecule has 3 aromatic carbocycles. The maximum absolute atomic E-state index is 15.0. The number of hydrogen-bond acceptors (Lipinski definition) is 1. The summed E-state index contributed by atoms with van der Waals surface area (Å²) in [5, 5.41) is 0. The van der Waals surface area contributed by atoms with Crippen molar-refractivity contribution in [3.05, 3.63) is 88.7 Å².